The summed E-state index contributed by atoms with van der Waals surface area (Å²) in [6.07, 6.45) is 3.97. The van der Waals surface area contributed by atoms with Crippen molar-refractivity contribution in [1.82, 2.24) is 14.5 Å². The van der Waals surface area contributed by atoms with E-state index in [0.717, 1.165) is 16.7 Å². The molecule has 0 spiro atoms. The Morgan fingerprint density at radius 2 is 1.75 bits per heavy atom. The molecule has 118 valence electrons. The van der Waals surface area contributed by atoms with Gasteiger partial charge in [-0.05, 0) is 30.2 Å². The molecule has 4 rings (SSSR count). The topological polar surface area (TPSA) is 30.7 Å². The third kappa shape index (κ3) is 2.93. The van der Waals surface area contributed by atoms with Crippen molar-refractivity contribution < 1.29 is 0 Å². The van der Waals surface area contributed by atoms with E-state index >= 15 is 0 Å². The third-order valence-electron chi connectivity index (χ3n) is 3.99. The predicted octanol–water partition coefficient (Wildman–Crippen LogP) is 5.02. The summed E-state index contributed by atoms with van der Waals surface area (Å²) in [4.78, 5) is 9.14. The maximum Gasteiger partial charge on any atom is 0.189 e. The Balaban J connectivity index is 1.64. The Hall–Kier alpha value is -2.59. The molecule has 2 aromatic carbocycles. The van der Waals surface area contributed by atoms with Crippen molar-refractivity contribution in [3.8, 4) is 5.82 Å². The van der Waals surface area contributed by atoms with Gasteiger partial charge in [-0.15, -0.1) is 0 Å². The van der Waals surface area contributed by atoms with Crippen LogP contribution in [0.15, 0.2) is 78.2 Å². The molecular weight excluding hydrogens is 314 g/mol. The van der Waals surface area contributed by atoms with Crippen LogP contribution in [0.4, 0.5) is 0 Å². The van der Waals surface area contributed by atoms with Gasteiger partial charge in [0.1, 0.15) is 5.82 Å². The first-order valence-electron chi connectivity index (χ1n) is 7.88. The zero-order valence-electron chi connectivity index (χ0n) is 13.4. The molecule has 0 radical (unpaired) electrons. The van der Waals surface area contributed by atoms with Gasteiger partial charge in [-0.1, -0.05) is 60.3 Å². The number of hydrogen-bond acceptors (Lipinski definition) is 3. The van der Waals surface area contributed by atoms with Gasteiger partial charge in [0.15, 0.2) is 5.16 Å². The smallest absolute Gasteiger partial charge is 0.189 e. The number of thioether (sulfide) groups is 1. The monoisotopic (exact) mass is 331 g/mol. The van der Waals surface area contributed by atoms with Gasteiger partial charge < -0.3 is 4.57 Å². The lowest BCUT2D eigenvalue weighted by Crippen LogP contribution is -1.98. The quantitative estimate of drug-likeness (QED) is 0.388. The fraction of sp³-hybridized carbons (Fsp3) is 0.100. The Morgan fingerprint density at radius 3 is 2.62 bits per heavy atom. The van der Waals surface area contributed by atoms with Crippen LogP contribution >= 0.6 is 11.8 Å². The molecule has 0 aliphatic carbocycles. The highest BCUT2D eigenvalue weighted by atomic mass is 32.2. The van der Waals surface area contributed by atoms with Gasteiger partial charge >= 0.3 is 0 Å². The maximum atomic E-state index is 4.74. The van der Waals surface area contributed by atoms with Crippen LogP contribution < -0.4 is 0 Å². The minimum absolute atomic E-state index is 0.798. The highest BCUT2D eigenvalue weighted by molar-refractivity contribution is 7.98. The fourth-order valence-electron chi connectivity index (χ4n) is 2.80. The zero-order valence-corrected chi connectivity index (χ0v) is 14.2. The van der Waals surface area contributed by atoms with E-state index < -0.39 is 0 Å². The summed E-state index contributed by atoms with van der Waals surface area (Å²) in [5.41, 5.74) is 3.70. The molecule has 0 bridgehead atoms. The van der Waals surface area contributed by atoms with Crippen LogP contribution in [0.3, 0.4) is 0 Å². The average molecular weight is 331 g/mol. The van der Waals surface area contributed by atoms with Crippen molar-refractivity contribution in [1.29, 1.82) is 0 Å². The van der Waals surface area contributed by atoms with Crippen LogP contribution in [0, 0.1) is 6.92 Å². The number of rotatable bonds is 4. The molecule has 4 heteroatoms. The molecule has 3 nitrogen and oxygen atoms in total. The van der Waals surface area contributed by atoms with E-state index in [2.05, 4.69) is 71.2 Å². The Labute approximate surface area is 145 Å². The first-order chi connectivity index (χ1) is 11.8. The average Bonchev–Trinajstić information content (AvgIpc) is 2.98. The maximum absolute atomic E-state index is 4.74. The van der Waals surface area contributed by atoms with Crippen LogP contribution in [-0.4, -0.2) is 14.5 Å². The second-order valence-electron chi connectivity index (χ2n) is 5.67. The number of nitrogens with zero attached hydrogens (tertiary/aromatic N) is 3. The third-order valence-corrected chi connectivity index (χ3v) is 4.92. The van der Waals surface area contributed by atoms with Gasteiger partial charge in [-0.3, -0.25) is 0 Å². The van der Waals surface area contributed by atoms with Crippen molar-refractivity contribution >= 4 is 22.7 Å². The van der Waals surface area contributed by atoms with E-state index in [1.54, 1.807) is 11.8 Å². The zero-order chi connectivity index (χ0) is 16.4. The molecular formula is C20H17N3S. The minimum Gasteiger partial charge on any atom is -0.301 e. The van der Waals surface area contributed by atoms with Gasteiger partial charge in [-0.2, -0.15) is 0 Å². The van der Waals surface area contributed by atoms with Crippen LogP contribution in [0.1, 0.15) is 11.1 Å². The van der Waals surface area contributed by atoms with Crippen LogP contribution in [0.5, 0.6) is 0 Å². The second-order valence-corrected chi connectivity index (χ2v) is 6.61. The SMILES string of the molecule is Cc1cn(-c2ccnc(SCc3ccccc3)n2)c2ccccc12. The van der Waals surface area contributed by atoms with E-state index in [1.807, 2.05) is 18.3 Å². The lowest BCUT2D eigenvalue weighted by Gasteiger charge is -2.06. The first-order valence-corrected chi connectivity index (χ1v) is 8.87. The predicted molar refractivity (Wildman–Crippen MR) is 99.6 cm³/mol. The number of para-hydroxylation sites is 1. The normalized spacial score (nSPS) is 11.0. The summed E-state index contributed by atoms with van der Waals surface area (Å²) < 4.78 is 2.14. The van der Waals surface area contributed by atoms with Crippen molar-refractivity contribution in [2.45, 2.75) is 17.8 Å². The van der Waals surface area contributed by atoms with Crippen molar-refractivity contribution in [2.24, 2.45) is 0 Å². The number of fused-ring (bicyclic) bond motifs is 1. The van der Waals surface area contributed by atoms with E-state index in [9.17, 15) is 0 Å². The minimum atomic E-state index is 0.798. The summed E-state index contributed by atoms with van der Waals surface area (Å²) in [5.74, 6) is 1.78. The number of benzene rings is 2. The molecule has 0 saturated carbocycles. The van der Waals surface area contributed by atoms with Crippen molar-refractivity contribution in [2.75, 3.05) is 0 Å². The second kappa shape index (κ2) is 6.49. The number of aryl methyl sites for hydroxylation is 1. The highest BCUT2D eigenvalue weighted by Gasteiger charge is 2.08. The van der Waals surface area contributed by atoms with Gasteiger partial charge in [0.2, 0.25) is 0 Å². The molecule has 2 heterocycles. The van der Waals surface area contributed by atoms with Gasteiger partial charge in [0.05, 0.1) is 5.52 Å². The van der Waals surface area contributed by atoms with Crippen LogP contribution in [0.2, 0.25) is 0 Å². The van der Waals surface area contributed by atoms with E-state index in [-0.39, 0.29) is 0 Å². The van der Waals surface area contributed by atoms with Gasteiger partial charge in [0, 0.05) is 23.5 Å². The van der Waals surface area contributed by atoms with Crippen LogP contribution in [-0.2, 0) is 5.75 Å². The number of hydrogen-bond donors (Lipinski definition) is 0. The molecule has 0 aliphatic rings. The highest BCUT2D eigenvalue weighted by Crippen LogP contribution is 2.25. The molecule has 4 aromatic rings. The summed E-state index contributed by atoms with van der Waals surface area (Å²) in [5, 5.41) is 2.06. The fourth-order valence-corrected chi connectivity index (χ4v) is 3.58. The molecule has 0 N–H and O–H groups in total. The molecule has 0 atom stereocenters. The number of aromatic nitrogens is 3. The van der Waals surface area contributed by atoms with Crippen molar-refractivity contribution in [3.05, 3.63) is 84.2 Å². The Morgan fingerprint density at radius 1 is 0.958 bits per heavy atom. The molecule has 2 aromatic heterocycles. The molecule has 0 amide bonds. The molecule has 24 heavy (non-hydrogen) atoms. The lowest BCUT2D eigenvalue weighted by atomic mass is 10.2. The molecule has 0 aliphatic heterocycles. The van der Waals surface area contributed by atoms with E-state index in [0.29, 0.717) is 0 Å². The summed E-state index contributed by atoms with van der Waals surface area (Å²) in [6, 6.07) is 20.8. The summed E-state index contributed by atoms with van der Waals surface area (Å²) >= 11 is 1.66. The largest absolute Gasteiger partial charge is 0.301 e. The molecule has 0 fully saturated rings. The van der Waals surface area contributed by atoms with E-state index in [1.165, 1.54) is 22.0 Å². The van der Waals surface area contributed by atoms with Gasteiger partial charge in [-0.25, -0.2) is 9.97 Å². The standard InChI is InChI=1S/C20H17N3S/c1-15-13-23(18-10-6-5-9-17(15)18)19-11-12-21-20(22-19)24-14-16-7-3-2-4-8-16/h2-13H,14H2,1H3. The Kier molecular flexibility index (Phi) is 4.05. The Bertz CT molecular complexity index is 977. The lowest BCUT2D eigenvalue weighted by molar-refractivity contribution is 0.904. The molecule has 0 unspecified atom stereocenters. The summed E-state index contributed by atoms with van der Waals surface area (Å²) in [6.45, 7) is 2.13. The molecule has 0 saturated heterocycles. The van der Waals surface area contributed by atoms with Gasteiger partial charge in [0.25, 0.3) is 0 Å². The van der Waals surface area contributed by atoms with E-state index in [4.69, 9.17) is 4.98 Å². The summed E-state index contributed by atoms with van der Waals surface area (Å²) in [7, 11) is 0. The first kappa shape index (κ1) is 15.0. The van der Waals surface area contributed by atoms with Crippen LogP contribution in [0.25, 0.3) is 16.7 Å². The van der Waals surface area contributed by atoms with Crippen molar-refractivity contribution in [3.63, 3.8) is 0 Å².